The van der Waals surface area contributed by atoms with E-state index in [-0.39, 0.29) is 6.09 Å². The Hall–Kier alpha value is -1.11. The van der Waals surface area contributed by atoms with Crippen molar-refractivity contribution in [3.8, 4) is 0 Å². The molecule has 0 aromatic heterocycles. The maximum atomic E-state index is 12.2. The number of nitrogens with one attached hydrogen (secondary N) is 1. The lowest BCUT2D eigenvalue weighted by molar-refractivity contribution is -0.0278. The number of nitrogens with zero attached hydrogens (tertiary/aromatic N) is 2. The molecule has 2 rings (SSSR count). The molecule has 110 valence electrons. The van der Waals surface area contributed by atoms with E-state index in [1.807, 2.05) is 35.3 Å². The summed E-state index contributed by atoms with van der Waals surface area (Å²) in [4.78, 5) is 12.2. The molecule has 1 aliphatic heterocycles. The summed E-state index contributed by atoms with van der Waals surface area (Å²) in [6, 6.07) is 9.73. The van der Waals surface area contributed by atoms with Crippen LogP contribution in [-0.2, 0) is 11.3 Å². The summed E-state index contributed by atoms with van der Waals surface area (Å²) in [5.41, 5.74) is 1.000. The molecule has 1 amide bonds. The summed E-state index contributed by atoms with van der Waals surface area (Å²) >= 11 is 3.39. The van der Waals surface area contributed by atoms with Crippen LogP contribution in [0.5, 0.6) is 0 Å². The standard InChI is InChI=1S/C14H20BrN3O2/c15-6-9-18(17-10-7-16-8-11-17)14(19)20-12-13-4-2-1-3-5-13/h1-5,16H,6-12H2. The van der Waals surface area contributed by atoms with Crippen molar-refractivity contribution in [2.45, 2.75) is 6.61 Å². The highest BCUT2D eigenvalue weighted by molar-refractivity contribution is 9.09. The minimum absolute atomic E-state index is 0.282. The Morgan fingerprint density at radius 2 is 2.00 bits per heavy atom. The van der Waals surface area contributed by atoms with Gasteiger partial charge in [0.05, 0.1) is 6.54 Å². The molecule has 0 unspecified atom stereocenters. The van der Waals surface area contributed by atoms with E-state index in [9.17, 15) is 4.79 Å². The quantitative estimate of drug-likeness (QED) is 0.830. The van der Waals surface area contributed by atoms with Crippen LogP contribution in [-0.4, -0.2) is 54.2 Å². The minimum Gasteiger partial charge on any atom is -0.444 e. The lowest BCUT2D eigenvalue weighted by Gasteiger charge is -2.36. The number of benzene rings is 1. The fourth-order valence-electron chi connectivity index (χ4n) is 2.12. The van der Waals surface area contributed by atoms with Crippen LogP contribution >= 0.6 is 15.9 Å². The lowest BCUT2D eigenvalue weighted by atomic mass is 10.2. The highest BCUT2D eigenvalue weighted by Crippen LogP contribution is 2.07. The van der Waals surface area contributed by atoms with Gasteiger partial charge in [0.15, 0.2) is 0 Å². The van der Waals surface area contributed by atoms with Gasteiger partial charge >= 0.3 is 6.09 Å². The van der Waals surface area contributed by atoms with Gasteiger partial charge in [-0.2, -0.15) is 0 Å². The van der Waals surface area contributed by atoms with Crippen molar-refractivity contribution in [2.75, 3.05) is 38.1 Å². The van der Waals surface area contributed by atoms with Gasteiger partial charge in [-0.1, -0.05) is 46.3 Å². The summed E-state index contributed by atoms with van der Waals surface area (Å²) in [6.07, 6.45) is -0.282. The van der Waals surface area contributed by atoms with E-state index in [1.165, 1.54) is 0 Å². The first-order chi connectivity index (χ1) is 9.81. The second-order valence-electron chi connectivity index (χ2n) is 4.56. The summed E-state index contributed by atoms with van der Waals surface area (Å²) < 4.78 is 5.40. The third kappa shape index (κ3) is 4.47. The third-order valence-corrected chi connectivity index (χ3v) is 3.50. The second-order valence-corrected chi connectivity index (χ2v) is 5.35. The van der Waals surface area contributed by atoms with Gasteiger partial charge in [0.1, 0.15) is 6.61 Å². The number of carbonyl (C=O) groups is 1. The van der Waals surface area contributed by atoms with Crippen LogP contribution in [0.3, 0.4) is 0 Å². The molecule has 0 radical (unpaired) electrons. The Morgan fingerprint density at radius 3 is 2.65 bits per heavy atom. The van der Waals surface area contributed by atoms with Gasteiger partial charge in [-0.3, -0.25) is 0 Å². The molecule has 1 N–H and O–H groups in total. The van der Waals surface area contributed by atoms with Crippen LogP contribution in [0.2, 0.25) is 0 Å². The van der Waals surface area contributed by atoms with Crippen LogP contribution in [0.25, 0.3) is 0 Å². The Balaban J connectivity index is 1.89. The molecule has 1 aliphatic rings. The number of hydrazine groups is 1. The first-order valence-corrected chi connectivity index (χ1v) is 7.93. The lowest BCUT2D eigenvalue weighted by Crippen LogP contribution is -2.55. The van der Waals surface area contributed by atoms with Crippen molar-refractivity contribution in [3.05, 3.63) is 35.9 Å². The number of amides is 1. The van der Waals surface area contributed by atoms with Crippen molar-refractivity contribution in [1.29, 1.82) is 0 Å². The van der Waals surface area contributed by atoms with Crippen LogP contribution in [0.1, 0.15) is 5.56 Å². The molecule has 20 heavy (non-hydrogen) atoms. The molecule has 0 spiro atoms. The Bertz CT molecular complexity index is 410. The van der Waals surface area contributed by atoms with Gasteiger partial charge in [0, 0.05) is 31.5 Å². The number of piperazine rings is 1. The van der Waals surface area contributed by atoms with Gasteiger partial charge in [-0.05, 0) is 5.56 Å². The molecular formula is C14H20BrN3O2. The van der Waals surface area contributed by atoms with E-state index in [0.717, 1.165) is 37.1 Å². The van der Waals surface area contributed by atoms with E-state index in [0.29, 0.717) is 13.2 Å². The van der Waals surface area contributed by atoms with Gasteiger partial charge < -0.3 is 10.1 Å². The summed E-state index contributed by atoms with van der Waals surface area (Å²) in [5.74, 6) is 0. The third-order valence-electron chi connectivity index (χ3n) is 3.15. The SMILES string of the molecule is O=C(OCc1ccccc1)N(CCBr)N1CCNCC1. The van der Waals surface area contributed by atoms with E-state index < -0.39 is 0 Å². The largest absolute Gasteiger partial charge is 0.444 e. The van der Waals surface area contributed by atoms with E-state index in [4.69, 9.17) is 4.74 Å². The number of rotatable bonds is 5. The van der Waals surface area contributed by atoms with Crippen molar-refractivity contribution in [3.63, 3.8) is 0 Å². The molecule has 1 fully saturated rings. The summed E-state index contributed by atoms with van der Waals surface area (Å²) in [6.45, 7) is 4.37. The zero-order valence-electron chi connectivity index (χ0n) is 11.4. The predicted octanol–water partition coefficient (Wildman–Crippen LogP) is 1.84. The van der Waals surface area contributed by atoms with Crippen molar-refractivity contribution in [2.24, 2.45) is 0 Å². The van der Waals surface area contributed by atoms with Gasteiger partial charge in [0.2, 0.25) is 0 Å². The molecule has 0 atom stereocenters. The van der Waals surface area contributed by atoms with Gasteiger partial charge in [-0.25, -0.2) is 14.8 Å². The topological polar surface area (TPSA) is 44.8 Å². The normalized spacial score (nSPS) is 15.8. The number of hydrogen-bond donors (Lipinski definition) is 1. The maximum Gasteiger partial charge on any atom is 0.424 e. The zero-order chi connectivity index (χ0) is 14.2. The monoisotopic (exact) mass is 341 g/mol. The summed E-state index contributed by atoms with van der Waals surface area (Å²) in [5, 5.41) is 7.75. The second kappa shape index (κ2) is 8.24. The molecule has 1 aromatic carbocycles. The van der Waals surface area contributed by atoms with Gasteiger partial charge in [-0.15, -0.1) is 0 Å². The molecule has 1 saturated heterocycles. The number of halogens is 1. The van der Waals surface area contributed by atoms with E-state index >= 15 is 0 Å². The number of alkyl halides is 1. The van der Waals surface area contributed by atoms with Crippen LogP contribution < -0.4 is 5.32 Å². The highest BCUT2D eigenvalue weighted by atomic mass is 79.9. The minimum atomic E-state index is -0.282. The Labute approximate surface area is 128 Å². The highest BCUT2D eigenvalue weighted by Gasteiger charge is 2.23. The average Bonchev–Trinajstić information content (AvgIpc) is 2.52. The number of ether oxygens (including phenoxy) is 1. The molecule has 0 saturated carbocycles. The molecule has 0 aliphatic carbocycles. The average molecular weight is 342 g/mol. The van der Waals surface area contributed by atoms with Crippen molar-refractivity contribution in [1.82, 2.24) is 15.3 Å². The van der Waals surface area contributed by atoms with Gasteiger partial charge in [0.25, 0.3) is 0 Å². The fraction of sp³-hybridized carbons (Fsp3) is 0.500. The van der Waals surface area contributed by atoms with Crippen LogP contribution in [0.15, 0.2) is 30.3 Å². The van der Waals surface area contributed by atoms with E-state index in [1.54, 1.807) is 5.01 Å². The van der Waals surface area contributed by atoms with Crippen LogP contribution in [0.4, 0.5) is 4.79 Å². The molecule has 1 heterocycles. The molecule has 6 heteroatoms. The molecule has 5 nitrogen and oxygen atoms in total. The molecular weight excluding hydrogens is 322 g/mol. The van der Waals surface area contributed by atoms with E-state index in [2.05, 4.69) is 21.2 Å². The number of hydrogen-bond acceptors (Lipinski definition) is 4. The maximum absolute atomic E-state index is 12.2. The zero-order valence-corrected chi connectivity index (χ0v) is 13.0. The smallest absolute Gasteiger partial charge is 0.424 e. The number of carbonyl (C=O) groups excluding carboxylic acids is 1. The first-order valence-electron chi connectivity index (χ1n) is 6.81. The molecule has 0 bridgehead atoms. The van der Waals surface area contributed by atoms with Crippen molar-refractivity contribution < 1.29 is 9.53 Å². The summed E-state index contributed by atoms with van der Waals surface area (Å²) in [7, 11) is 0. The fourth-order valence-corrected chi connectivity index (χ4v) is 2.45. The van der Waals surface area contributed by atoms with Crippen LogP contribution in [0, 0.1) is 0 Å². The first kappa shape index (κ1) is 15.3. The molecule has 1 aromatic rings. The van der Waals surface area contributed by atoms with Crippen molar-refractivity contribution >= 4 is 22.0 Å². The Morgan fingerprint density at radius 1 is 1.30 bits per heavy atom. The predicted molar refractivity (Wildman–Crippen MR) is 81.6 cm³/mol. The Kier molecular flexibility index (Phi) is 6.29.